The Balaban J connectivity index is 2.55. The fourth-order valence-electron chi connectivity index (χ4n) is 1.66. The Bertz CT molecular complexity index is 442. The normalized spacial score (nSPS) is 16.2. The second-order valence-electron chi connectivity index (χ2n) is 5.74. The number of hydroxylamine groups is 2. The van der Waals surface area contributed by atoms with Crippen molar-refractivity contribution in [1.82, 2.24) is 5.06 Å². The molecule has 0 aliphatic carbocycles. The summed E-state index contributed by atoms with van der Waals surface area (Å²) in [4.78, 5) is 50.5. The minimum Gasteiger partial charge on any atom is -0.425 e. The number of carbonyl (C=O) groups excluding carboxylic acids is 4. The van der Waals surface area contributed by atoms with Crippen LogP contribution in [0, 0.1) is 11.8 Å². The summed E-state index contributed by atoms with van der Waals surface area (Å²) in [5, 5.41) is 0.371. The molecule has 1 saturated heterocycles. The second kappa shape index (κ2) is 7.77. The van der Waals surface area contributed by atoms with Gasteiger partial charge in [0.2, 0.25) is 0 Å². The van der Waals surface area contributed by atoms with Crippen LogP contribution >= 0.6 is 0 Å². The van der Waals surface area contributed by atoms with E-state index in [1.54, 1.807) is 13.8 Å². The lowest BCUT2D eigenvalue weighted by molar-refractivity contribution is -0.199. The number of hydrogen-bond donors (Lipinski definition) is 0. The van der Waals surface area contributed by atoms with E-state index in [4.69, 9.17) is 9.47 Å². The fraction of sp³-hybridized carbons (Fsp3) is 0.714. The van der Waals surface area contributed by atoms with Crippen molar-refractivity contribution in [3.63, 3.8) is 0 Å². The number of hydrogen-bond acceptors (Lipinski definition) is 7. The summed E-state index contributed by atoms with van der Waals surface area (Å²) in [6.07, 6.45) is -2.25. The molecule has 1 atom stereocenters. The molecule has 1 heterocycles. The van der Waals surface area contributed by atoms with Crippen LogP contribution in [0.15, 0.2) is 0 Å². The molecular formula is C14H21NO7. The Morgan fingerprint density at radius 3 is 2.05 bits per heavy atom. The van der Waals surface area contributed by atoms with Gasteiger partial charge >= 0.3 is 12.1 Å². The van der Waals surface area contributed by atoms with E-state index in [1.165, 1.54) is 0 Å². The van der Waals surface area contributed by atoms with Crippen LogP contribution < -0.4 is 0 Å². The van der Waals surface area contributed by atoms with Crippen LogP contribution in [0.4, 0.5) is 4.79 Å². The van der Waals surface area contributed by atoms with Gasteiger partial charge < -0.3 is 9.47 Å². The highest BCUT2D eigenvalue weighted by molar-refractivity contribution is 6.01. The molecule has 0 saturated carbocycles. The summed E-state index contributed by atoms with van der Waals surface area (Å²) in [6.45, 7) is 7.08. The van der Waals surface area contributed by atoms with Gasteiger partial charge in [0.1, 0.15) is 0 Å². The Morgan fingerprint density at radius 2 is 1.59 bits per heavy atom. The fourth-order valence-corrected chi connectivity index (χ4v) is 1.66. The second-order valence-corrected chi connectivity index (χ2v) is 5.74. The number of carbonyl (C=O) groups is 4. The van der Waals surface area contributed by atoms with Crippen molar-refractivity contribution < 1.29 is 33.5 Å². The molecule has 2 amide bonds. The van der Waals surface area contributed by atoms with Crippen LogP contribution in [0.1, 0.15) is 47.0 Å². The third-order valence-electron chi connectivity index (χ3n) is 2.75. The number of amides is 2. The number of nitrogens with zero attached hydrogens (tertiary/aromatic N) is 1. The molecule has 1 aliphatic heterocycles. The molecule has 8 nitrogen and oxygen atoms in total. The van der Waals surface area contributed by atoms with Crippen molar-refractivity contribution in [2.24, 2.45) is 11.8 Å². The standard InChI is InChI=1S/C14H21NO7/c1-8(2)7-12(18)20-13(9(3)4)21-14(19)22-15-10(16)5-6-11(15)17/h8-9,13H,5-7H2,1-4H3. The molecule has 0 radical (unpaired) electrons. The van der Waals surface area contributed by atoms with Gasteiger partial charge in [-0.3, -0.25) is 19.2 Å². The highest BCUT2D eigenvalue weighted by Crippen LogP contribution is 2.16. The van der Waals surface area contributed by atoms with Crippen molar-refractivity contribution in [3.05, 3.63) is 0 Å². The lowest BCUT2D eigenvalue weighted by Gasteiger charge is -2.22. The maximum absolute atomic E-state index is 11.6. The number of esters is 1. The summed E-state index contributed by atoms with van der Waals surface area (Å²) in [5.74, 6) is -1.93. The Morgan fingerprint density at radius 1 is 1.05 bits per heavy atom. The molecular weight excluding hydrogens is 294 g/mol. The number of ether oxygens (including phenoxy) is 2. The van der Waals surface area contributed by atoms with E-state index in [9.17, 15) is 19.2 Å². The predicted octanol–water partition coefficient (Wildman–Crippen LogP) is 1.77. The average molecular weight is 315 g/mol. The van der Waals surface area contributed by atoms with Gasteiger partial charge in [-0.25, -0.2) is 4.79 Å². The first-order valence-electron chi connectivity index (χ1n) is 7.14. The van der Waals surface area contributed by atoms with E-state index in [0.29, 0.717) is 5.06 Å². The average Bonchev–Trinajstić information content (AvgIpc) is 2.68. The van der Waals surface area contributed by atoms with Crippen molar-refractivity contribution in [2.45, 2.75) is 53.2 Å². The molecule has 0 aromatic heterocycles. The Kier molecular flexibility index (Phi) is 6.33. The molecule has 1 aliphatic rings. The van der Waals surface area contributed by atoms with Crippen molar-refractivity contribution in [2.75, 3.05) is 0 Å². The summed E-state index contributed by atoms with van der Waals surface area (Å²) >= 11 is 0. The van der Waals surface area contributed by atoms with Crippen LogP contribution in [0.25, 0.3) is 0 Å². The smallest absolute Gasteiger partial charge is 0.425 e. The largest absolute Gasteiger partial charge is 0.537 e. The summed E-state index contributed by atoms with van der Waals surface area (Å²) in [6, 6.07) is 0. The van der Waals surface area contributed by atoms with Crippen molar-refractivity contribution >= 4 is 23.9 Å². The number of imide groups is 1. The lowest BCUT2D eigenvalue weighted by Crippen LogP contribution is -2.36. The van der Waals surface area contributed by atoms with Gasteiger partial charge in [-0.1, -0.05) is 32.8 Å². The first kappa shape index (κ1) is 17.9. The zero-order chi connectivity index (χ0) is 16.9. The van der Waals surface area contributed by atoms with Gasteiger partial charge in [0.05, 0.1) is 0 Å². The van der Waals surface area contributed by atoms with E-state index in [0.717, 1.165) is 0 Å². The van der Waals surface area contributed by atoms with Crippen LogP contribution in [0.3, 0.4) is 0 Å². The maximum Gasteiger partial charge on any atom is 0.537 e. The van der Waals surface area contributed by atoms with Gasteiger partial charge in [0.15, 0.2) is 0 Å². The summed E-state index contributed by atoms with van der Waals surface area (Å²) in [5.41, 5.74) is 0. The molecule has 0 aromatic rings. The minimum atomic E-state index is -1.26. The third-order valence-corrected chi connectivity index (χ3v) is 2.75. The summed E-state index contributed by atoms with van der Waals surface area (Å²) < 4.78 is 9.93. The zero-order valence-electron chi connectivity index (χ0n) is 13.2. The maximum atomic E-state index is 11.6. The molecule has 0 spiro atoms. The molecule has 0 bridgehead atoms. The molecule has 0 N–H and O–H groups in total. The highest BCUT2D eigenvalue weighted by atomic mass is 16.9. The van der Waals surface area contributed by atoms with Crippen molar-refractivity contribution in [3.8, 4) is 0 Å². The van der Waals surface area contributed by atoms with Gasteiger partial charge in [-0.15, -0.1) is 0 Å². The molecule has 22 heavy (non-hydrogen) atoms. The van der Waals surface area contributed by atoms with E-state index >= 15 is 0 Å². The quantitative estimate of drug-likeness (QED) is 0.418. The van der Waals surface area contributed by atoms with Crippen LogP contribution in [-0.2, 0) is 28.7 Å². The molecule has 8 heteroatoms. The SMILES string of the molecule is CC(C)CC(=O)OC(OC(=O)ON1C(=O)CCC1=O)C(C)C. The van der Waals surface area contributed by atoms with Crippen LogP contribution in [-0.4, -0.2) is 35.3 Å². The lowest BCUT2D eigenvalue weighted by atomic mass is 10.1. The summed E-state index contributed by atoms with van der Waals surface area (Å²) in [7, 11) is 0. The van der Waals surface area contributed by atoms with Crippen molar-refractivity contribution in [1.29, 1.82) is 0 Å². The first-order valence-corrected chi connectivity index (χ1v) is 7.14. The van der Waals surface area contributed by atoms with E-state index in [1.807, 2.05) is 13.8 Å². The highest BCUT2D eigenvalue weighted by Gasteiger charge is 2.34. The van der Waals surface area contributed by atoms with Gasteiger partial charge in [-0.05, 0) is 5.92 Å². The van der Waals surface area contributed by atoms with E-state index < -0.39 is 30.2 Å². The molecule has 1 unspecified atom stereocenters. The number of rotatable bonds is 6. The van der Waals surface area contributed by atoms with Crippen LogP contribution in [0.2, 0.25) is 0 Å². The van der Waals surface area contributed by atoms with Gasteiger partial charge in [-0.2, -0.15) is 0 Å². The minimum absolute atomic E-state index is 0.0108. The zero-order valence-corrected chi connectivity index (χ0v) is 13.2. The Hall–Kier alpha value is -2.12. The Labute approximate surface area is 128 Å². The van der Waals surface area contributed by atoms with Gasteiger partial charge in [0.25, 0.3) is 18.1 Å². The predicted molar refractivity (Wildman–Crippen MR) is 72.8 cm³/mol. The topological polar surface area (TPSA) is 99.2 Å². The monoisotopic (exact) mass is 315 g/mol. The molecule has 124 valence electrons. The molecule has 0 aromatic carbocycles. The third kappa shape index (κ3) is 5.34. The van der Waals surface area contributed by atoms with Gasteiger partial charge in [0, 0.05) is 25.2 Å². The first-order chi connectivity index (χ1) is 10.2. The van der Waals surface area contributed by atoms with E-state index in [2.05, 4.69) is 4.84 Å². The molecule has 1 fully saturated rings. The molecule has 1 rings (SSSR count). The van der Waals surface area contributed by atoms with E-state index in [-0.39, 0.29) is 31.1 Å². The van der Waals surface area contributed by atoms with Crippen LogP contribution in [0.5, 0.6) is 0 Å².